The maximum atomic E-state index is 13.9. The van der Waals surface area contributed by atoms with E-state index in [1.807, 2.05) is 50.2 Å². The van der Waals surface area contributed by atoms with E-state index < -0.39 is 5.92 Å². The molecule has 3 N–H and O–H groups in total. The minimum Gasteiger partial charge on any atom is -0.495 e. The van der Waals surface area contributed by atoms with Crippen molar-refractivity contribution in [3.05, 3.63) is 94.8 Å². The van der Waals surface area contributed by atoms with Crippen molar-refractivity contribution in [2.24, 2.45) is 0 Å². The number of para-hydroxylation sites is 4. The van der Waals surface area contributed by atoms with Gasteiger partial charge in [0.2, 0.25) is 6.79 Å². The van der Waals surface area contributed by atoms with Crippen LogP contribution in [0.4, 0.5) is 11.4 Å². The first-order valence-corrected chi connectivity index (χ1v) is 12.4. The van der Waals surface area contributed by atoms with Crippen molar-refractivity contribution < 1.29 is 28.5 Å². The van der Waals surface area contributed by atoms with E-state index in [9.17, 15) is 9.59 Å². The molecule has 2 aliphatic rings. The van der Waals surface area contributed by atoms with Gasteiger partial charge < -0.3 is 34.9 Å². The maximum Gasteiger partial charge on any atom is 0.254 e. The molecule has 0 bridgehead atoms. The zero-order chi connectivity index (χ0) is 27.5. The van der Waals surface area contributed by atoms with Gasteiger partial charge in [-0.05, 0) is 55.8 Å². The summed E-state index contributed by atoms with van der Waals surface area (Å²) in [4.78, 5) is 27.8. The molecule has 0 saturated carbocycles. The van der Waals surface area contributed by atoms with Crippen molar-refractivity contribution in [2.45, 2.75) is 19.8 Å². The molecule has 3 aromatic rings. The second-order valence-corrected chi connectivity index (χ2v) is 9.06. The number of nitrogens with one attached hydrogen (secondary N) is 3. The first-order valence-electron chi connectivity index (χ1n) is 12.4. The molecule has 9 heteroatoms. The Morgan fingerprint density at radius 2 is 1.28 bits per heavy atom. The van der Waals surface area contributed by atoms with Crippen LogP contribution in [0.2, 0.25) is 0 Å². The Hall–Kier alpha value is -4.92. The van der Waals surface area contributed by atoms with Gasteiger partial charge in [0.1, 0.15) is 11.5 Å². The average Bonchev–Trinajstić information content (AvgIpc) is 3.41. The standard InChI is InChI=1S/C30H29N3O6/c1-17-26(29(34)32-20-9-5-7-11-22(20)36-3)28(19-13-14-24-25(15-19)39-16-38-24)27(18(2)31-17)30(35)33-21-10-6-8-12-23(21)37-4/h5-15,28,31H,16H2,1-4H3,(H,32,34)(H,33,35). The molecule has 0 saturated heterocycles. The number of methoxy groups -OCH3 is 2. The largest absolute Gasteiger partial charge is 0.495 e. The number of rotatable bonds is 7. The normalized spacial score (nSPS) is 14.6. The Morgan fingerprint density at radius 3 is 1.82 bits per heavy atom. The first kappa shape index (κ1) is 25.7. The van der Waals surface area contributed by atoms with Crippen LogP contribution < -0.4 is 34.9 Å². The highest BCUT2D eigenvalue weighted by molar-refractivity contribution is 6.12. The number of amides is 2. The van der Waals surface area contributed by atoms with Gasteiger partial charge in [-0.15, -0.1) is 0 Å². The maximum absolute atomic E-state index is 13.9. The molecule has 0 unspecified atom stereocenters. The van der Waals surface area contributed by atoms with E-state index in [1.54, 1.807) is 44.6 Å². The topological polar surface area (TPSA) is 107 Å². The fourth-order valence-corrected chi connectivity index (χ4v) is 4.90. The van der Waals surface area contributed by atoms with Crippen molar-refractivity contribution in [2.75, 3.05) is 31.6 Å². The molecule has 2 heterocycles. The SMILES string of the molecule is COc1ccccc1NC(=O)C1=C(C)NC(C)=C(C(=O)Nc2ccccc2OC)C1c1ccc2c(c1)OCO2. The monoisotopic (exact) mass is 527 g/mol. The zero-order valence-electron chi connectivity index (χ0n) is 22.1. The molecule has 0 radical (unpaired) electrons. The van der Waals surface area contributed by atoms with Crippen LogP contribution in [0, 0.1) is 0 Å². The fourth-order valence-electron chi connectivity index (χ4n) is 4.90. The Labute approximate surface area is 226 Å². The molecule has 0 atom stereocenters. The van der Waals surface area contributed by atoms with E-state index in [-0.39, 0.29) is 18.6 Å². The number of benzene rings is 3. The molecular weight excluding hydrogens is 498 g/mol. The van der Waals surface area contributed by atoms with Crippen molar-refractivity contribution in [1.82, 2.24) is 5.32 Å². The van der Waals surface area contributed by atoms with E-state index >= 15 is 0 Å². The van der Waals surface area contributed by atoms with E-state index in [2.05, 4.69) is 16.0 Å². The van der Waals surface area contributed by atoms with Crippen molar-refractivity contribution in [3.63, 3.8) is 0 Å². The van der Waals surface area contributed by atoms with Gasteiger partial charge in [-0.1, -0.05) is 30.3 Å². The smallest absolute Gasteiger partial charge is 0.254 e. The molecule has 0 fully saturated rings. The van der Waals surface area contributed by atoms with Crippen molar-refractivity contribution in [3.8, 4) is 23.0 Å². The lowest BCUT2D eigenvalue weighted by Crippen LogP contribution is -2.35. The van der Waals surface area contributed by atoms with Gasteiger partial charge in [0.25, 0.3) is 11.8 Å². The molecule has 39 heavy (non-hydrogen) atoms. The summed E-state index contributed by atoms with van der Waals surface area (Å²) in [6.45, 7) is 3.74. The highest BCUT2D eigenvalue weighted by atomic mass is 16.7. The van der Waals surface area contributed by atoms with E-state index in [1.165, 1.54) is 0 Å². The molecule has 200 valence electrons. The molecule has 2 aliphatic heterocycles. The number of anilines is 2. The van der Waals surface area contributed by atoms with Gasteiger partial charge in [-0.25, -0.2) is 0 Å². The van der Waals surface area contributed by atoms with Gasteiger partial charge in [0.05, 0.1) is 25.6 Å². The number of dihydropyridines is 1. The van der Waals surface area contributed by atoms with Gasteiger partial charge in [0.15, 0.2) is 11.5 Å². The molecule has 9 nitrogen and oxygen atoms in total. The number of carbonyl (C=O) groups is 2. The lowest BCUT2D eigenvalue weighted by atomic mass is 9.79. The number of carbonyl (C=O) groups excluding carboxylic acids is 2. The second kappa shape index (κ2) is 10.8. The summed E-state index contributed by atoms with van der Waals surface area (Å²) in [5.41, 5.74) is 3.75. The first-order chi connectivity index (χ1) is 18.9. The molecule has 2 amide bonds. The van der Waals surface area contributed by atoms with Crippen LogP contribution >= 0.6 is 0 Å². The minimum atomic E-state index is -0.717. The third kappa shape index (κ3) is 4.98. The summed E-state index contributed by atoms with van der Waals surface area (Å²) in [5.74, 6) is 0.737. The summed E-state index contributed by atoms with van der Waals surface area (Å²) in [6.07, 6.45) is 0. The summed E-state index contributed by atoms with van der Waals surface area (Å²) >= 11 is 0. The predicted octanol–water partition coefficient (Wildman–Crippen LogP) is 4.94. The van der Waals surface area contributed by atoms with Gasteiger partial charge >= 0.3 is 0 Å². The molecule has 5 rings (SSSR count). The summed E-state index contributed by atoms with van der Waals surface area (Å²) < 4.78 is 22.0. The van der Waals surface area contributed by atoms with E-state index in [0.29, 0.717) is 62.5 Å². The molecule has 3 aromatic carbocycles. The van der Waals surface area contributed by atoms with Gasteiger partial charge in [-0.2, -0.15) is 0 Å². The average molecular weight is 528 g/mol. The number of hydrogen-bond donors (Lipinski definition) is 3. The van der Waals surface area contributed by atoms with Crippen molar-refractivity contribution >= 4 is 23.2 Å². The Morgan fingerprint density at radius 1 is 0.769 bits per heavy atom. The summed E-state index contributed by atoms with van der Waals surface area (Å²) in [6, 6.07) is 19.8. The minimum absolute atomic E-state index is 0.108. The second-order valence-electron chi connectivity index (χ2n) is 9.06. The lowest BCUT2D eigenvalue weighted by Gasteiger charge is -2.31. The number of fused-ring (bicyclic) bond motifs is 1. The molecule has 0 aromatic heterocycles. The van der Waals surface area contributed by atoms with Crippen LogP contribution in [0.15, 0.2) is 89.3 Å². The van der Waals surface area contributed by atoms with Crippen LogP contribution in [0.1, 0.15) is 25.3 Å². The lowest BCUT2D eigenvalue weighted by molar-refractivity contribution is -0.113. The van der Waals surface area contributed by atoms with E-state index in [0.717, 1.165) is 0 Å². The highest BCUT2D eigenvalue weighted by Crippen LogP contribution is 2.43. The number of ether oxygens (including phenoxy) is 4. The Bertz CT molecular complexity index is 1430. The third-order valence-electron chi connectivity index (χ3n) is 6.69. The highest BCUT2D eigenvalue weighted by Gasteiger charge is 2.37. The quantitative estimate of drug-likeness (QED) is 0.399. The van der Waals surface area contributed by atoms with Crippen LogP contribution in [0.25, 0.3) is 0 Å². The van der Waals surface area contributed by atoms with E-state index in [4.69, 9.17) is 18.9 Å². The fraction of sp³-hybridized carbons (Fsp3) is 0.200. The zero-order valence-corrected chi connectivity index (χ0v) is 22.1. The van der Waals surface area contributed by atoms with Crippen LogP contribution in [-0.2, 0) is 9.59 Å². The molecule has 0 spiro atoms. The predicted molar refractivity (Wildman–Crippen MR) is 147 cm³/mol. The molecular formula is C30H29N3O6. The van der Waals surface area contributed by atoms with Crippen LogP contribution in [-0.4, -0.2) is 32.8 Å². The van der Waals surface area contributed by atoms with Gasteiger partial charge in [0, 0.05) is 28.5 Å². The van der Waals surface area contributed by atoms with Crippen LogP contribution in [0.3, 0.4) is 0 Å². The number of allylic oxidation sites excluding steroid dienone is 2. The van der Waals surface area contributed by atoms with Gasteiger partial charge in [-0.3, -0.25) is 9.59 Å². The summed E-state index contributed by atoms with van der Waals surface area (Å²) in [7, 11) is 3.08. The Kier molecular flexibility index (Phi) is 7.14. The summed E-state index contributed by atoms with van der Waals surface area (Å²) in [5, 5.41) is 9.17. The molecule has 0 aliphatic carbocycles. The van der Waals surface area contributed by atoms with Crippen LogP contribution in [0.5, 0.6) is 23.0 Å². The Balaban J connectivity index is 1.58. The number of hydrogen-bond acceptors (Lipinski definition) is 7. The van der Waals surface area contributed by atoms with Crippen molar-refractivity contribution in [1.29, 1.82) is 0 Å². The third-order valence-corrected chi connectivity index (χ3v) is 6.69.